The highest BCUT2D eigenvalue weighted by molar-refractivity contribution is 9.10. The lowest BCUT2D eigenvalue weighted by atomic mass is 9.68. The molecule has 1 aromatic rings. The van der Waals surface area contributed by atoms with E-state index in [2.05, 4.69) is 41.1 Å². The topological polar surface area (TPSA) is 26.0 Å². The normalized spacial score (nSPS) is 19.7. The van der Waals surface area contributed by atoms with E-state index in [0.29, 0.717) is 0 Å². The zero-order chi connectivity index (χ0) is 11.6. The Hall–Kier alpha value is -0.340. The third-order valence-electron chi connectivity index (χ3n) is 3.97. The molecule has 1 fully saturated rings. The van der Waals surface area contributed by atoms with Crippen molar-refractivity contribution in [1.82, 2.24) is 0 Å². The Morgan fingerprint density at radius 3 is 2.56 bits per heavy atom. The first-order chi connectivity index (χ1) is 7.68. The second-order valence-electron chi connectivity index (χ2n) is 5.00. The summed E-state index contributed by atoms with van der Waals surface area (Å²) in [4.78, 5) is 0. The first-order valence-electron chi connectivity index (χ1n) is 6.15. The van der Waals surface area contributed by atoms with Crippen molar-refractivity contribution in [2.45, 2.75) is 44.4 Å². The number of hydrogen-bond donors (Lipinski definition) is 1. The molecular formula is C14H20BrN. The molecule has 2 rings (SSSR count). The van der Waals surface area contributed by atoms with Crippen molar-refractivity contribution in [1.29, 1.82) is 0 Å². The molecular weight excluding hydrogens is 262 g/mol. The molecule has 0 heterocycles. The minimum absolute atomic E-state index is 0.242. The van der Waals surface area contributed by atoms with Gasteiger partial charge in [-0.25, -0.2) is 0 Å². The molecule has 1 nitrogen and oxygen atoms in total. The van der Waals surface area contributed by atoms with E-state index in [-0.39, 0.29) is 5.41 Å². The van der Waals surface area contributed by atoms with Crippen LogP contribution in [-0.4, -0.2) is 6.54 Å². The lowest BCUT2D eigenvalue weighted by Gasteiger charge is -2.38. The fraction of sp³-hybridized carbons (Fsp3) is 0.571. The van der Waals surface area contributed by atoms with Gasteiger partial charge >= 0.3 is 0 Å². The molecule has 0 unspecified atom stereocenters. The van der Waals surface area contributed by atoms with Crippen LogP contribution in [0.4, 0.5) is 0 Å². The van der Waals surface area contributed by atoms with Gasteiger partial charge in [-0.2, -0.15) is 0 Å². The van der Waals surface area contributed by atoms with Gasteiger partial charge in [0, 0.05) is 16.4 Å². The lowest BCUT2D eigenvalue weighted by molar-refractivity contribution is 0.299. The number of halogens is 1. The highest BCUT2D eigenvalue weighted by Gasteiger charge is 2.33. The highest BCUT2D eigenvalue weighted by Crippen LogP contribution is 2.40. The van der Waals surface area contributed by atoms with Gasteiger partial charge in [0.2, 0.25) is 0 Å². The van der Waals surface area contributed by atoms with Crippen LogP contribution in [-0.2, 0) is 5.41 Å². The quantitative estimate of drug-likeness (QED) is 0.874. The standard InChI is InChI=1S/C14H20BrN/c1-11-5-6-12(15)9-13(11)14(10-16)7-3-2-4-8-14/h5-6,9H,2-4,7-8,10,16H2,1H3. The summed E-state index contributed by atoms with van der Waals surface area (Å²) in [5, 5.41) is 0. The van der Waals surface area contributed by atoms with Gasteiger partial charge in [0.05, 0.1) is 0 Å². The molecule has 1 saturated carbocycles. The second kappa shape index (κ2) is 4.89. The van der Waals surface area contributed by atoms with Crippen LogP contribution in [0.5, 0.6) is 0 Å². The SMILES string of the molecule is Cc1ccc(Br)cc1C1(CN)CCCCC1. The second-order valence-corrected chi connectivity index (χ2v) is 5.92. The number of benzene rings is 1. The van der Waals surface area contributed by atoms with E-state index < -0.39 is 0 Å². The van der Waals surface area contributed by atoms with E-state index in [9.17, 15) is 0 Å². The predicted octanol–water partition coefficient (Wildman–Crippen LogP) is 3.92. The summed E-state index contributed by atoms with van der Waals surface area (Å²) in [5.74, 6) is 0. The molecule has 2 heteroatoms. The average Bonchev–Trinajstić information content (AvgIpc) is 2.33. The molecule has 0 bridgehead atoms. The lowest BCUT2D eigenvalue weighted by Crippen LogP contribution is -2.37. The molecule has 1 aliphatic rings. The highest BCUT2D eigenvalue weighted by atomic mass is 79.9. The Kier molecular flexibility index (Phi) is 3.70. The van der Waals surface area contributed by atoms with Gasteiger partial charge in [-0.05, 0) is 43.0 Å². The van der Waals surface area contributed by atoms with Crippen molar-refractivity contribution >= 4 is 15.9 Å². The minimum Gasteiger partial charge on any atom is -0.330 e. The zero-order valence-corrected chi connectivity index (χ0v) is 11.5. The van der Waals surface area contributed by atoms with Gasteiger partial charge in [-0.1, -0.05) is 41.3 Å². The fourth-order valence-electron chi connectivity index (χ4n) is 2.98. The number of nitrogens with two attached hydrogens (primary N) is 1. The summed E-state index contributed by atoms with van der Waals surface area (Å²) in [6, 6.07) is 6.59. The predicted molar refractivity (Wildman–Crippen MR) is 72.7 cm³/mol. The number of aryl methyl sites for hydroxylation is 1. The van der Waals surface area contributed by atoms with Crippen LogP contribution in [0.15, 0.2) is 22.7 Å². The summed E-state index contributed by atoms with van der Waals surface area (Å²) >= 11 is 3.58. The molecule has 1 aromatic carbocycles. The van der Waals surface area contributed by atoms with E-state index >= 15 is 0 Å². The third-order valence-corrected chi connectivity index (χ3v) is 4.47. The molecule has 16 heavy (non-hydrogen) atoms. The van der Waals surface area contributed by atoms with E-state index in [4.69, 9.17) is 5.73 Å². The van der Waals surface area contributed by atoms with Crippen LogP contribution < -0.4 is 5.73 Å². The van der Waals surface area contributed by atoms with Gasteiger partial charge < -0.3 is 5.73 Å². The Balaban J connectivity index is 2.42. The molecule has 0 radical (unpaired) electrons. The molecule has 0 aliphatic heterocycles. The van der Waals surface area contributed by atoms with Gasteiger partial charge in [0.25, 0.3) is 0 Å². The van der Waals surface area contributed by atoms with Crippen molar-refractivity contribution in [2.24, 2.45) is 5.73 Å². The largest absolute Gasteiger partial charge is 0.330 e. The first kappa shape index (κ1) is 12.1. The first-order valence-corrected chi connectivity index (χ1v) is 6.94. The molecule has 0 atom stereocenters. The number of hydrogen-bond acceptors (Lipinski definition) is 1. The monoisotopic (exact) mass is 281 g/mol. The van der Waals surface area contributed by atoms with Crippen molar-refractivity contribution < 1.29 is 0 Å². The smallest absolute Gasteiger partial charge is 0.0178 e. The van der Waals surface area contributed by atoms with Crippen molar-refractivity contribution in [3.63, 3.8) is 0 Å². The molecule has 0 aromatic heterocycles. The van der Waals surface area contributed by atoms with Crippen LogP contribution in [0.2, 0.25) is 0 Å². The van der Waals surface area contributed by atoms with Crippen LogP contribution in [0.3, 0.4) is 0 Å². The van der Waals surface area contributed by atoms with Crippen molar-refractivity contribution in [2.75, 3.05) is 6.54 Å². The van der Waals surface area contributed by atoms with Crippen LogP contribution in [0.1, 0.15) is 43.2 Å². The molecule has 0 spiro atoms. The van der Waals surface area contributed by atoms with Crippen LogP contribution >= 0.6 is 15.9 Å². The maximum absolute atomic E-state index is 6.07. The van der Waals surface area contributed by atoms with Gasteiger partial charge in [-0.3, -0.25) is 0 Å². The third kappa shape index (κ3) is 2.18. The Bertz CT molecular complexity index is 367. The summed E-state index contributed by atoms with van der Waals surface area (Å²) in [6.07, 6.45) is 6.52. The molecule has 0 saturated heterocycles. The summed E-state index contributed by atoms with van der Waals surface area (Å²) in [7, 11) is 0. The molecule has 0 amide bonds. The average molecular weight is 282 g/mol. The maximum atomic E-state index is 6.07. The van der Waals surface area contributed by atoms with Gasteiger partial charge in [-0.15, -0.1) is 0 Å². The molecule has 1 aliphatic carbocycles. The number of rotatable bonds is 2. The molecule has 88 valence electrons. The van der Waals surface area contributed by atoms with Crippen LogP contribution in [0, 0.1) is 6.92 Å². The minimum atomic E-state index is 0.242. The molecule has 2 N–H and O–H groups in total. The summed E-state index contributed by atoms with van der Waals surface area (Å²) in [5.41, 5.74) is 9.16. The zero-order valence-electron chi connectivity index (χ0n) is 9.93. The Morgan fingerprint density at radius 1 is 1.25 bits per heavy atom. The van der Waals surface area contributed by atoms with Crippen molar-refractivity contribution in [3.05, 3.63) is 33.8 Å². The van der Waals surface area contributed by atoms with Crippen LogP contribution in [0.25, 0.3) is 0 Å². The van der Waals surface area contributed by atoms with E-state index in [1.54, 1.807) is 0 Å². The van der Waals surface area contributed by atoms with Gasteiger partial charge in [0.15, 0.2) is 0 Å². The van der Waals surface area contributed by atoms with E-state index in [0.717, 1.165) is 6.54 Å². The van der Waals surface area contributed by atoms with Crippen molar-refractivity contribution in [3.8, 4) is 0 Å². The summed E-state index contributed by atoms with van der Waals surface area (Å²) in [6.45, 7) is 2.98. The Labute approximate surface area is 107 Å². The van der Waals surface area contributed by atoms with Gasteiger partial charge in [0.1, 0.15) is 0 Å². The Morgan fingerprint density at radius 2 is 1.94 bits per heavy atom. The fourth-order valence-corrected chi connectivity index (χ4v) is 3.34. The van der Waals surface area contributed by atoms with E-state index in [1.165, 1.54) is 47.7 Å². The summed E-state index contributed by atoms with van der Waals surface area (Å²) < 4.78 is 1.17. The van der Waals surface area contributed by atoms with E-state index in [1.807, 2.05) is 0 Å². The maximum Gasteiger partial charge on any atom is 0.0178 e.